The number of halogens is 1. The minimum absolute atomic E-state index is 0.121. The average molecular weight is 278 g/mol. The van der Waals surface area contributed by atoms with E-state index in [0.29, 0.717) is 6.54 Å². The molecule has 0 aliphatic carbocycles. The zero-order chi connectivity index (χ0) is 13.2. The topological polar surface area (TPSA) is 38.1 Å². The van der Waals surface area contributed by atoms with Gasteiger partial charge in [0.25, 0.3) is 0 Å². The fraction of sp³-hybridized carbons (Fsp3) is 0.357. The maximum atomic E-state index is 13.7. The van der Waals surface area contributed by atoms with E-state index in [0.717, 1.165) is 34.1 Å². The van der Waals surface area contributed by atoms with Crippen molar-refractivity contribution in [1.82, 2.24) is 10.5 Å². The van der Waals surface area contributed by atoms with Crippen molar-refractivity contribution < 1.29 is 8.91 Å². The molecule has 0 spiro atoms. The normalized spacial score (nSPS) is 18.3. The number of hydrogen-bond donors (Lipinski definition) is 1. The Morgan fingerprint density at radius 2 is 2.42 bits per heavy atom. The molecule has 1 aromatic carbocycles. The van der Waals surface area contributed by atoms with Crippen LogP contribution in [0.25, 0.3) is 0 Å². The van der Waals surface area contributed by atoms with Crippen LogP contribution in [0.2, 0.25) is 0 Å². The van der Waals surface area contributed by atoms with E-state index >= 15 is 0 Å². The number of benzene rings is 1. The largest absolute Gasteiger partial charge is 0.360 e. The lowest BCUT2D eigenvalue weighted by molar-refractivity contribution is 0.357. The van der Waals surface area contributed by atoms with Gasteiger partial charge in [-0.25, -0.2) is 4.39 Å². The van der Waals surface area contributed by atoms with E-state index in [4.69, 9.17) is 4.52 Å². The fourth-order valence-corrected chi connectivity index (χ4v) is 3.46. The highest BCUT2D eigenvalue weighted by molar-refractivity contribution is 7.99. The number of thioether (sulfide) groups is 1. The third-order valence-corrected chi connectivity index (χ3v) is 4.38. The summed E-state index contributed by atoms with van der Waals surface area (Å²) in [4.78, 5) is 0.778. The van der Waals surface area contributed by atoms with Gasteiger partial charge in [0, 0.05) is 17.0 Å². The summed E-state index contributed by atoms with van der Waals surface area (Å²) in [5, 5.41) is 7.28. The van der Waals surface area contributed by atoms with Crippen molar-refractivity contribution in [2.24, 2.45) is 0 Å². The Labute approximate surface area is 115 Å². The summed E-state index contributed by atoms with van der Waals surface area (Å²) < 4.78 is 18.9. The van der Waals surface area contributed by atoms with Gasteiger partial charge in [0.2, 0.25) is 0 Å². The lowest BCUT2D eigenvalue weighted by Gasteiger charge is -2.25. The van der Waals surface area contributed by atoms with Crippen molar-refractivity contribution in [1.29, 1.82) is 0 Å². The van der Waals surface area contributed by atoms with E-state index in [1.54, 1.807) is 17.8 Å². The predicted molar refractivity (Wildman–Crippen MR) is 72.6 cm³/mol. The molecule has 1 aliphatic rings. The van der Waals surface area contributed by atoms with Gasteiger partial charge in [-0.05, 0) is 30.7 Å². The second kappa shape index (κ2) is 5.35. The van der Waals surface area contributed by atoms with Crippen LogP contribution in [-0.4, -0.2) is 10.9 Å². The van der Waals surface area contributed by atoms with Crippen LogP contribution in [-0.2, 0) is 6.54 Å². The molecule has 3 rings (SSSR count). The number of aryl methyl sites for hydroxylation is 1. The first-order valence-electron chi connectivity index (χ1n) is 6.31. The van der Waals surface area contributed by atoms with E-state index in [9.17, 15) is 4.39 Å². The van der Waals surface area contributed by atoms with Crippen molar-refractivity contribution >= 4 is 11.8 Å². The lowest BCUT2D eigenvalue weighted by Crippen LogP contribution is -2.24. The van der Waals surface area contributed by atoms with Crippen molar-refractivity contribution in [3.8, 4) is 0 Å². The molecule has 1 atom stereocenters. The van der Waals surface area contributed by atoms with E-state index in [2.05, 4.69) is 10.5 Å². The number of nitrogens with zero attached hydrogens (tertiary/aromatic N) is 1. The minimum atomic E-state index is -0.121. The van der Waals surface area contributed by atoms with Gasteiger partial charge in [-0.1, -0.05) is 17.3 Å². The number of hydrogen-bond acceptors (Lipinski definition) is 4. The van der Waals surface area contributed by atoms with Crippen molar-refractivity contribution in [3.63, 3.8) is 0 Å². The molecule has 3 nitrogen and oxygen atoms in total. The maximum Gasteiger partial charge on any atom is 0.150 e. The molecule has 1 aromatic heterocycles. The van der Waals surface area contributed by atoms with Crippen molar-refractivity contribution in [3.05, 3.63) is 47.1 Å². The van der Waals surface area contributed by atoms with Crippen LogP contribution in [0.15, 0.2) is 33.7 Å². The first-order chi connectivity index (χ1) is 9.24. The summed E-state index contributed by atoms with van der Waals surface area (Å²) in [6, 6.07) is 7.38. The molecule has 19 heavy (non-hydrogen) atoms. The van der Waals surface area contributed by atoms with E-state index < -0.39 is 0 Å². The van der Waals surface area contributed by atoms with Gasteiger partial charge >= 0.3 is 0 Å². The number of fused-ring (bicyclic) bond motifs is 1. The molecule has 0 saturated heterocycles. The van der Waals surface area contributed by atoms with Crippen LogP contribution >= 0.6 is 11.8 Å². The average Bonchev–Trinajstić information content (AvgIpc) is 2.83. The quantitative estimate of drug-likeness (QED) is 0.933. The van der Waals surface area contributed by atoms with Gasteiger partial charge in [-0.2, -0.15) is 0 Å². The second-order valence-electron chi connectivity index (χ2n) is 4.66. The van der Waals surface area contributed by atoms with E-state index in [-0.39, 0.29) is 11.9 Å². The third-order valence-electron chi connectivity index (χ3n) is 3.23. The highest BCUT2D eigenvalue weighted by Crippen LogP contribution is 2.37. The molecule has 100 valence electrons. The predicted octanol–water partition coefficient (Wildman–Crippen LogP) is 3.45. The number of nitrogens with one attached hydrogen (secondary N) is 1. The molecular weight excluding hydrogens is 263 g/mol. The summed E-state index contributed by atoms with van der Waals surface area (Å²) in [5.74, 6) is 1.62. The molecule has 0 radical (unpaired) electrons. The van der Waals surface area contributed by atoms with Crippen LogP contribution in [0.3, 0.4) is 0 Å². The Morgan fingerprint density at radius 3 is 3.21 bits per heavy atom. The molecule has 5 heteroatoms. The van der Waals surface area contributed by atoms with Gasteiger partial charge in [-0.15, -0.1) is 11.8 Å². The monoisotopic (exact) mass is 278 g/mol. The molecule has 2 aromatic rings. The summed E-state index contributed by atoms with van der Waals surface area (Å²) in [7, 11) is 0. The Balaban J connectivity index is 1.75. The summed E-state index contributed by atoms with van der Waals surface area (Å²) in [6.45, 7) is 2.51. The summed E-state index contributed by atoms with van der Waals surface area (Å²) in [6.07, 6.45) is 0.994. The van der Waals surface area contributed by atoms with Gasteiger partial charge in [-0.3, -0.25) is 0 Å². The lowest BCUT2D eigenvalue weighted by atomic mass is 10.0. The Bertz CT molecular complexity index is 585. The Hall–Kier alpha value is -1.33. The summed E-state index contributed by atoms with van der Waals surface area (Å²) >= 11 is 1.59. The molecule has 1 aliphatic heterocycles. The molecule has 0 saturated carbocycles. The SMILES string of the molecule is Cc1cc(CNC2CCSc3c(F)cccc32)on1. The highest BCUT2D eigenvalue weighted by atomic mass is 32.2. The molecule has 0 fully saturated rings. The van der Waals surface area contributed by atoms with Crippen LogP contribution in [0.5, 0.6) is 0 Å². The molecule has 1 unspecified atom stereocenters. The third kappa shape index (κ3) is 2.67. The molecular formula is C14H15FN2OS. The van der Waals surface area contributed by atoms with E-state index in [1.807, 2.05) is 19.1 Å². The van der Waals surface area contributed by atoms with Gasteiger partial charge in [0.15, 0.2) is 5.76 Å². The van der Waals surface area contributed by atoms with Crippen LogP contribution < -0.4 is 5.32 Å². The Kier molecular flexibility index (Phi) is 3.57. The smallest absolute Gasteiger partial charge is 0.150 e. The minimum Gasteiger partial charge on any atom is -0.360 e. The van der Waals surface area contributed by atoms with Crippen LogP contribution in [0.1, 0.15) is 29.5 Å². The number of rotatable bonds is 3. The molecule has 1 N–H and O–H groups in total. The van der Waals surface area contributed by atoms with Crippen molar-refractivity contribution in [2.45, 2.75) is 30.8 Å². The van der Waals surface area contributed by atoms with Crippen LogP contribution in [0, 0.1) is 12.7 Å². The standard InChI is InChI=1S/C14H15FN2OS/c1-9-7-10(18-17-9)8-16-13-5-6-19-14-11(13)3-2-4-12(14)15/h2-4,7,13,16H,5-6,8H2,1H3. The number of aromatic nitrogens is 1. The van der Waals surface area contributed by atoms with Crippen LogP contribution in [0.4, 0.5) is 4.39 Å². The van der Waals surface area contributed by atoms with Gasteiger partial charge in [0.1, 0.15) is 5.82 Å². The molecule has 2 heterocycles. The molecule has 0 amide bonds. The van der Waals surface area contributed by atoms with Gasteiger partial charge < -0.3 is 9.84 Å². The Morgan fingerprint density at radius 1 is 1.53 bits per heavy atom. The van der Waals surface area contributed by atoms with Crippen molar-refractivity contribution in [2.75, 3.05) is 5.75 Å². The summed E-state index contributed by atoms with van der Waals surface area (Å²) in [5.41, 5.74) is 1.93. The van der Waals surface area contributed by atoms with Gasteiger partial charge in [0.05, 0.1) is 12.2 Å². The zero-order valence-electron chi connectivity index (χ0n) is 10.6. The fourth-order valence-electron chi connectivity index (χ4n) is 2.32. The maximum absolute atomic E-state index is 13.7. The van der Waals surface area contributed by atoms with E-state index in [1.165, 1.54) is 6.07 Å². The highest BCUT2D eigenvalue weighted by Gasteiger charge is 2.22. The first kappa shape index (κ1) is 12.7. The zero-order valence-corrected chi connectivity index (χ0v) is 11.5. The second-order valence-corrected chi connectivity index (χ2v) is 5.77. The molecule has 0 bridgehead atoms. The first-order valence-corrected chi connectivity index (χ1v) is 7.29.